The molecule has 0 aromatic heterocycles. The van der Waals surface area contributed by atoms with Gasteiger partial charge in [0.15, 0.2) is 0 Å². The van der Waals surface area contributed by atoms with Gasteiger partial charge in [-0.05, 0) is 18.2 Å². The molecule has 0 bridgehead atoms. The van der Waals surface area contributed by atoms with E-state index >= 15 is 0 Å². The van der Waals surface area contributed by atoms with Crippen molar-refractivity contribution in [3.8, 4) is 11.5 Å². The molecule has 0 spiro atoms. The molecule has 0 saturated heterocycles. The second-order valence-electron chi connectivity index (χ2n) is 3.98. The van der Waals surface area contributed by atoms with E-state index in [1.165, 1.54) is 30.3 Å². The van der Waals surface area contributed by atoms with Crippen molar-refractivity contribution in [2.24, 2.45) is 0 Å². The molecule has 2 rings (SSSR count). The zero-order chi connectivity index (χ0) is 15.6. The molecular weight excluding hydrogens is 360 g/mol. The summed E-state index contributed by atoms with van der Waals surface area (Å²) in [4.78, 5) is 10.3. The van der Waals surface area contributed by atoms with Gasteiger partial charge in [0, 0.05) is 17.7 Å². The number of hydrogen-bond donors (Lipinski definition) is 0. The van der Waals surface area contributed by atoms with Gasteiger partial charge >= 0.3 is 0 Å². The van der Waals surface area contributed by atoms with E-state index < -0.39 is 4.92 Å². The van der Waals surface area contributed by atoms with Crippen molar-refractivity contribution in [1.82, 2.24) is 0 Å². The normalized spacial score (nSPS) is 10.5. The Kier molecular flexibility index (Phi) is 5.17. The third-order valence-electron chi connectivity index (χ3n) is 2.59. The van der Waals surface area contributed by atoms with E-state index in [1.807, 2.05) is 0 Å². The van der Waals surface area contributed by atoms with Gasteiger partial charge in [0.05, 0.1) is 25.9 Å². The molecule has 4 nitrogen and oxygen atoms in total. The monoisotopic (exact) mass is 365 g/mol. The van der Waals surface area contributed by atoms with Gasteiger partial charge < -0.3 is 4.74 Å². The van der Waals surface area contributed by atoms with Crippen molar-refractivity contribution < 1.29 is 9.66 Å². The molecule has 0 unspecified atom stereocenters. The van der Waals surface area contributed by atoms with E-state index in [1.54, 1.807) is 0 Å². The Hall–Kier alpha value is -1.20. The Morgan fingerprint density at radius 3 is 2.33 bits per heavy atom. The zero-order valence-electron chi connectivity index (χ0n) is 10.3. The van der Waals surface area contributed by atoms with Crippen LogP contribution in [0.1, 0.15) is 5.56 Å². The molecule has 0 saturated carbocycles. The lowest BCUT2D eigenvalue weighted by molar-refractivity contribution is -0.385. The maximum atomic E-state index is 10.8. The van der Waals surface area contributed by atoms with Crippen LogP contribution < -0.4 is 4.74 Å². The molecule has 2 aromatic carbocycles. The summed E-state index contributed by atoms with van der Waals surface area (Å²) in [5.74, 6) is 0.639. The highest BCUT2D eigenvalue weighted by atomic mass is 35.5. The average molecular weight is 367 g/mol. The quantitative estimate of drug-likeness (QED) is 0.285. The summed E-state index contributed by atoms with van der Waals surface area (Å²) < 4.78 is 5.57. The number of halogens is 4. The summed E-state index contributed by atoms with van der Waals surface area (Å²) in [6, 6.07) is 7.16. The van der Waals surface area contributed by atoms with Gasteiger partial charge in [0.1, 0.15) is 11.5 Å². The largest absolute Gasteiger partial charge is 0.456 e. The highest BCUT2D eigenvalue weighted by Gasteiger charge is 2.15. The first kappa shape index (κ1) is 16.2. The third kappa shape index (κ3) is 3.71. The van der Waals surface area contributed by atoms with Gasteiger partial charge in [-0.25, -0.2) is 0 Å². The molecule has 0 atom stereocenters. The number of hydrogen-bond acceptors (Lipinski definition) is 3. The first-order chi connectivity index (χ1) is 9.92. The van der Waals surface area contributed by atoms with Gasteiger partial charge in [-0.1, -0.05) is 34.8 Å². The number of nitro groups is 1. The minimum absolute atomic E-state index is 0.0113. The van der Waals surface area contributed by atoms with Crippen molar-refractivity contribution in [2.75, 3.05) is 0 Å². The molecule has 8 heteroatoms. The topological polar surface area (TPSA) is 52.4 Å². The predicted octanol–water partition coefficient (Wildman–Crippen LogP) is 6.09. The van der Waals surface area contributed by atoms with E-state index in [0.717, 1.165) is 0 Å². The van der Waals surface area contributed by atoms with Crippen LogP contribution >= 0.6 is 46.4 Å². The molecule has 0 N–H and O–H groups in total. The molecule has 0 fully saturated rings. The second kappa shape index (κ2) is 6.71. The first-order valence-electron chi connectivity index (χ1n) is 5.58. The molecular formula is C13H7Cl4NO3. The Bertz CT molecular complexity index is 706. The summed E-state index contributed by atoms with van der Waals surface area (Å²) >= 11 is 23.4. The molecule has 21 heavy (non-hydrogen) atoms. The number of nitrogens with zero attached hydrogens (tertiary/aromatic N) is 1. The fraction of sp³-hybridized carbons (Fsp3) is 0.0769. The van der Waals surface area contributed by atoms with Crippen LogP contribution in [0.3, 0.4) is 0 Å². The smallest absolute Gasteiger partial charge is 0.274 e. The van der Waals surface area contributed by atoms with Gasteiger partial charge in [-0.3, -0.25) is 10.1 Å². The maximum Gasteiger partial charge on any atom is 0.274 e. The van der Waals surface area contributed by atoms with Crippen molar-refractivity contribution in [3.63, 3.8) is 0 Å². The van der Waals surface area contributed by atoms with Crippen LogP contribution in [0.2, 0.25) is 15.1 Å². The van der Waals surface area contributed by atoms with E-state index in [4.69, 9.17) is 51.1 Å². The van der Waals surface area contributed by atoms with Crippen LogP contribution in [0.25, 0.3) is 0 Å². The van der Waals surface area contributed by atoms with Gasteiger partial charge in [0.2, 0.25) is 0 Å². The van der Waals surface area contributed by atoms with Crippen LogP contribution in [0.15, 0.2) is 30.3 Å². The van der Waals surface area contributed by atoms with E-state index in [-0.39, 0.29) is 21.6 Å². The first-order valence-corrected chi connectivity index (χ1v) is 7.25. The van der Waals surface area contributed by atoms with Crippen molar-refractivity contribution in [2.45, 2.75) is 5.88 Å². The Morgan fingerprint density at radius 1 is 1.05 bits per heavy atom. The molecule has 0 heterocycles. The Balaban J connectivity index is 2.36. The third-order valence-corrected chi connectivity index (χ3v) is 3.90. The highest BCUT2D eigenvalue weighted by molar-refractivity contribution is 6.43. The van der Waals surface area contributed by atoms with Crippen molar-refractivity contribution >= 4 is 52.1 Å². The Labute approximate surface area is 140 Å². The minimum atomic E-state index is -0.506. The molecule has 0 aliphatic rings. The predicted molar refractivity (Wildman–Crippen MR) is 84.2 cm³/mol. The molecule has 2 aromatic rings. The van der Waals surface area contributed by atoms with Crippen LogP contribution in [0.4, 0.5) is 5.69 Å². The summed E-state index contributed by atoms with van der Waals surface area (Å²) in [5, 5.41) is 11.7. The van der Waals surface area contributed by atoms with Crippen LogP contribution in [-0.2, 0) is 5.88 Å². The fourth-order valence-corrected chi connectivity index (χ4v) is 2.41. The summed E-state index contributed by atoms with van der Waals surface area (Å²) in [6.45, 7) is 0. The Morgan fingerprint density at radius 2 is 1.71 bits per heavy atom. The van der Waals surface area contributed by atoms with Crippen LogP contribution in [0, 0.1) is 10.1 Å². The second-order valence-corrected chi connectivity index (χ2v) is 5.47. The lowest BCUT2D eigenvalue weighted by atomic mass is 10.2. The SMILES string of the molecule is O=[N+]([O-])c1ccc(Oc2cc(Cl)c(Cl)cc2Cl)cc1CCl. The maximum absolute atomic E-state index is 10.8. The lowest BCUT2D eigenvalue weighted by Gasteiger charge is -2.10. The van der Waals surface area contributed by atoms with Gasteiger partial charge in [-0.15, -0.1) is 11.6 Å². The fourth-order valence-electron chi connectivity index (χ4n) is 1.62. The van der Waals surface area contributed by atoms with Crippen molar-refractivity contribution in [1.29, 1.82) is 0 Å². The standard InChI is InChI=1S/C13H7Cl4NO3/c14-6-7-3-8(1-2-12(7)18(19)20)21-13-5-10(16)9(15)4-11(13)17/h1-5H,6H2. The van der Waals surface area contributed by atoms with Crippen LogP contribution in [-0.4, -0.2) is 4.92 Å². The summed E-state index contributed by atoms with van der Waals surface area (Å²) in [6.07, 6.45) is 0. The molecule has 0 amide bonds. The van der Waals surface area contributed by atoms with Crippen molar-refractivity contribution in [3.05, 3.63) is 61.1 Å². The lowest BCUT2D eigenvalue weighted by Crippen LogP contribution is -1.94. The molecule has 0 aliphatic heterocycles. The average Bonchev–Trinajstić information content (AvgIpc) is 2.44. The number of benzene rings is 2. The summed E-state index contributed by atoms with van der Waals surface area (Å²) in [5.41, 5.74) is 0.271. The van der Waals surface area contributed by atoms with E-state index in [2.05, 4.69) is 0 Å². The molecule has 110 valence electrons. The van der Waals surface area contributed by atoms with Gasteiger partial charge in [-0.2, -0.15) is 0 Å². The van der Waals surface area contributed by atoms with Crippen LogP contribution in [0.5, 0.6) is 11.5 Å². The number of nitro benzene ring substituents is 1. The highest BCUT2D eigenvalue weighted by Crippen LogP contribution is 2.37. The minimum Gasteiger partial charge on any atom is -0.456 e. The molecule has 0 aliphatic carbocycles. The van der Waals surface area contributed by atoms with E-state index in [0.29, 0.717) is 22.1 Å². The summed E-state index contributed by atoms with van der Waals surface area (Å²) in [7, 11) is 0. The zero-order valence-corrected chi connectivity index (χ0v) is 13.3. The number of ether oxygens (including phenoxy) is 1. The number of rotatable bonds is 4. The number of alkyl halides is 1. The van der Waals surface area contributed by atoms with Gasteiger partial charge in [0.25, 0.3) is 5.69 Å². The van der Waals surface area contributed by atoms with E-state index in [9.17, 15) is 10.1 Å². The molecule has 0 radical (unpaired) electrons.